The van der Waals surface area contributed by atoms with Crippen molar-refractivity contribution in [2.24, 2.45) is 0 Å². The van der Waals surface area contributed by atoms with Gasteiger partial charge in [0.15, 0.2) is 5.43 Å². The molecule has 2 heterocycles. The number of anilines is 1. The van der Waals surface area contributed by atoms with Gasteiger partial charge in [-0.25, -0.2) is 0 Å². The van der Waals surface area contributed by atoms with Crippen LogP contribution in [-0.2, 0) is 0 Å². The van der Waals surface area contributed by atoms with Crippen LogP contribution in [0, 0.1) is 0 Å². The summed E-state index contributed by atoms with van der Waals surface area (Å²) in [6, 6.07) is 10.4. The SMILES string of the molecule is Nc1ccc2oc(-c3cccs3)cc(=O)c2c1. The zero-order chi connectivity index (χ0) is 11.8. The highest BCUT2D eigenvalue weighted by molar-refractivity contribution is 7.13. The van der Waals surface area contributed by atoms with Gasteiger partial charge in [0.05, 0.1) is 10.3 Å². The van der Waals surface area contributed by atoms with E-state index in [1.54, 1.807) is 18.2 Å². The molecule has 0 saturated carbocycles. The normalized spacial score (nSPS) is 10.8. The van der Waals surface area contributed by atoms with E-state index in [1.165, 1.54) is 17.4 Å². The summed E-state index contributed by atoms with van der Waals surface area (Å²) in [4.78, 5) is 12.9. The van der Waals surface area contributed by atoms with Gasteiger partial charge in [0, 0.05) is 11.8 Å². The van der Waals surface area contributed by atoms with Gasteiger partial charge in [-0.15, -0.1) is 11.3 Å². The molecule has 3 rings (SSSR count). The highest BCUT2D eigenvalue weighted by Crippen LogP contribution is 2.26. The highest BCUT2D eigenvalue weighted by atomic mass is 32.1. The summed E-state index contributed by atoms with van der Waals surface area (Å²) in [6.07, 6.45) is 0. The molecule has 2 N–H and O–H groups in total. The molecule has 84 valence electrons. The molecule has 0 unspecified atom stereocenters. The number of nitrogens with two attached hydrogens (primary N) is 1. The van der Waals surface area contributed by atoms with E-state index in [1.807, 2.05) is 17.5 Å². The Kier molecular flexibility index (Phi) is 2.23. The van der Waals surface area contributed by atoms with Gasteiger partial charge >= 0.3 is 0 Å². The number of nitrogen functional groups attached to an aromatic ring is 1. The predicted octanol–water partition coefficient (Wildman–Crippen LogP) is 3.10. The van der Waals surface area contributed by atoms with Crippen molar-refractivity contribution in [2.45, 2.75) is 0 Å². The van der Waals surface area contributed by atoms with E-state index in [4.69, 9.17) is 10.2 Å². The first-order valence-electron chi connectivity index (χ1n) is 5.11. The summed E-state index contributed by atoms with van der Waals surface area (Å²) in [5.74, 6) is 0.599. The summed E-state index contributed by atoms with van der Waals surface area (Å²) < 4.78 is 5.70. The van der Waals surface area contributed by atoms with Gasteiger partial charge in [0.1, 0.15) is 11.3 Å². The third kappa shape index (κ3) is 1.72. The molecular weight excluding hydrogens is 234 g/mol. The molecule has 17 heavy (non-hydrogen) atoms. The van der Waals surface area contributed by atoms with Crippen LogP contribution in [0.25, 0.3) is 21.6 Å². The smallest absolute Gasteiger partial charge is 0.193 e. The van der Waals surface area contributed by atoms with E-state index >= 15 is 0 Å². The van der Waals surface area contributed by atoms with Crippen molar-refractivity contribution in [3.8, 4) is 10.6 Å². The van der Waals surface area contributed by atoms with E-state index in [0.717, 1.165) is 4.88 Å². The zero-order valence-corrected chi connectivity index (χ0v) is 9.66. The first-order chi connectivity index (χ1) is 8.24. The van der Waals surface area contributed by atoms with Crippen LogP contribution in [0.3, 0.4) is 0 Å². The third-order valence-electron chi connectivity index (χ3n) is 2.52. The van der Waals surface area contributed by atoms with Crippen molar-refractivity contribution >= 4 is 28.0 Å². The second-order valence-electron chi connectivity index (χ2n) is 3.71. The van der Waals surface area contributed by atoms with Crippen LogP contribution in [0.4, 0.5) is 5.69 Å². The third-order valence-corrected chi connectivity index (χ3v) is 3.40. The van der Waals surface area contributed by atoms with Crippen LogP contribution in [0.1, 0.15) is 0 Å². The van der Waals surface area contributed by atoms with E-state index in [9.17, 15) is 4.79 Å². The fraction of sp³-hybridized carbons (Fsp3) is 0. The Morgan fingerprint density at radius 2 is 2.06 bits per heavy atom. The van der Waals surface area contributed by atoms with Gasteiger partial charge in [0.2, 0.25) is 0 Å². The van der Waals surface area contributed by atoms with E-state index in [2.05, 4.69) is 0 Å². The Morgan fingerprint density at radius 1 is 1.18 bits per heavy atom. The lowest BCUT2D eigenvalue weighted by Gasteiger charge is -2.01. The Morgan fingerprint density at radius 3 is 2.82 bits per heavy atom. The van der Waals surface area contributed by atoms with Crippen LogP contribution >= 0.6 is 11.3 Å². The maximum Gasteiger partial charge on any atom is 0.193 e. The minimum Gasteiger partial charge on any atom is -0.455 e. The molecule has 0 radical (unpaired) electrons. The molecule has 0 fully saturated rings. The number of benzene rings is 1. The fourth-order valence-electron chi connectivity index (χ4n) is 1.71. The Labute approximate surface area is 101 Å². The lowest BCUT2D eigenvalue weighted by molar-refractivity contribution is 0.620. The highest BCUT2D eigenvalue weighted by Gasteiger charge is 2.07. The lowest BCUT2D eigenvalue weighted by Crippen LogP contribution is -2.00. The topological polar surface area (TPSA) is 56.2 Å². The Hall–Kier alpha value is -2.07. The van der Waals surface area contributed by atoms with Gasteiger partial charge in [-0.05, 0) is 29.6 Å². The zero-order valence-electron chi connectivity index (χ0n) is 8.84. The van der Waals surface area contributed by atoms with Crippen molar-refractivity contribution in [1.29, 1.82) is 0 Å². The molecule has 0 amide bonds. The van der Waals surface area contributed by atoms with Crippen LogP contribution in [0.2, 0.25) is 0 Å². The minimum atomic E-state index is -0.0676. The maximum atomic E-state index is 11.9. The maximum absolute atomic E-state index is 11.9. The van der Waals surface area contributed by atoms with E-state index in [0.29, 0.717) is 22.4 Å². The molecule has 0 saturated heterocycles. The average Bonchev–Trinajstić information content (AvgIpc) is 2.83. The summed E-state index contributed by atoms with van der Waals surface area (Å²) >= 11 is 1.54. The monoisotopic (exact) mass is 243 g/mol. The fourth-order valence-corrected chi connectivity index (χ4v) is 2.39. The van der Waals surface area contributed by atoms with Gasteiger partial charge in [-0.3, -0.25) is 4.79 Å². The molecule has 1 aromatic carbocycles. The quantitative estimate of drug-likeness (QED) is 0.668. The van der Waals surface area contributed by atoms with Gasteiger partial charge in [0.25, 0.3) is 0 Å². The largest absolute Gasteiger partial charge is 0.455 e. The number of hydrogen-bond acceptors (Lipinski definition) is 4. The average molecular weight is 243 g/mol. The molecule has 0 aliphatic carbocycles. The second kappa shape index (κ2) is 3.75. The second-order valence-corrected chi connectivity index (χ2v) is 4.66. The van der Waals surface area contributed by atoms with Crippen LogP contribution in [0.15, 0.2) is 51.0 Å². The molecule has 0 aliphatic heterocycles. The number of hydrogen-bond donors (Lipinski definition) is 1. The Balaban J connectivity index is 2.32. The predicted molar refractivity (Wildman–Crippen MR) is 70.2 cm³/mol. The van der Waals surface area contributed by atoms with Crippen molar-refractivity contribution in [3.63, 3.8) is 0 Å². The molecule has 4 heteroatoms. The number of thiophene rings is 1. The van der Waals surface area contributed by atoms with Crippen molar-refractivity contribution in [3.05, 3.63) is 52.0 Å². The minimum absolute atomic E-state index is 0.0676. The lowest BCUT2D eigenvalue weighted by atomic mass is 10.2. The van der Waals surface area contributed by atoms with Crippen LogP contribution in [0.5, 0.6) is 0 Å². The first kappa shape index (κ1) is 10.1. The molecule has 2 aromatic heterocycles. The van der Waals surface area contributed by atoms with Gasteiger partial charge in [-0.1, -0.05) is 6.07 Å². The van der Waals surface area contributed by atoms with Crippen molar-refractivity contribution < 1.29 is 4.42 Å². The van der Waals surface area contributed by atoms with Gasteiger partial charge < -0.3 is 10.2 Å². The van der Waals surface area contributed by atoms with Crippen molar-refractivity contribution in [1.82, 2.24) is 0 Å². The molecule has 3 nitrogen and oxygen atoms in total. The summed E-state index contributed by atoms with van der Waals surface area (Å²) in [7, 11) is 0. The summed E-state index contributed by atoms with van der Waals surface area (Å²) in [5, 5.41) is 2.47. The molecule has 0 atom stereocenters. The first-order valence-corrected chi connectivity index (χ1v) is 5.99. The van der Waals surface area contributed by atoms with E-state index < -0.39 is 0 Å². The molecular formula is C13H9NO2S. The Bertz CT molecular complexity index is 729. The summed E-state index contributed by atoms with van der Waals surface area (Å²) in [6.45, 7) is 0. The van der Waals surface area contributed by atoms with Crippen molar-refractivity contribution in [2.75, 3.05) is 5.73 Å². The van der Waals surface area contributed by atoms with Crippen LogP contribution in [-0.4, -0.2) is 0 Å². The molecule has 0 bridgehead atoms. The molecule has 3 aromatic rings. The number of rotatable bonds is 1. The molecule has 0 aliphatic rings. The molecule has 0 spiro atoms. The standard InChI is InChI=1S/C13H9NO2S/c14-8-3-4-11-9(6-8)10(15)7-12(16-11)13-2-1-5-17-13/h1-7H,14H2. The van der Waals surface area contributed by atoms with Crippen LogP contribution < -0.4 is 11.2 Å². The van der Waals surface area contributed by atoms with E-state index in [-0.39, 0.29) is 5.43 Å². The number of fused-ring (bicyclic) bond motifs is 1. The summed E-state index contributed by atoms with van der Waals surface area (Å²) in [5.41, 5.74) is 6.71. The van der Waals surface area contributed by atoms with Gasteiger partial charge in [-0.2, -0.15) is 0 Å².